The molecule has 2 aromatic heterocycles. The van der Waals surface area contributed by atoms with Gasteiger partial charge in [-0.15, -0.1) is 0 Å². The zero-order valence-electron chi connectivity index (χ0n) is 11.6. The Labute approximate surface area is 131 Å². The van der Waals surface area contributed by atoms with Crippen molar-refractivity contribution in [2.24, 2.45) is 5.92 Å². The van der Waals surface area contributed by atoms with Crippen LogP contribution in [0.5, 0.6) is 0 Å². The van der Waals surface area contributed by atoms with Crippen molar-refractivity contribution in [3.05, 3.63) is 59.5 Å². The van der Waals surface area contributed by atoms with Gasteiger partial charge in [0.1, 0.15) is 0 Å². The molecule has 0 radical (unpaired) electrons. The van der Waals surface area contributed by atoms with Gasteiger partial charge in [0.2, 0.25) is 5.91 Å². The SMILES string of the molecule is O=C(Nc1cnc2ccnn2c1)C1CC1c1ccccc1Cl. The number of carbonyl (C=O) groups is 1. The lowest BCUT2D eigenvalue weighted by Gasteiger charge is -2.06. The molecule has 1 aliphatic carbocycles. The molecule has 5 nitrogen and oxygen atoms in total. The molecular weight excluding hydrogens is 300 g/mol. The number of anilines is 1. The standard InChI is InChI=1S/C16H13ClN4O/c17-14-4-2-1-3-11(14)12-7-13(12)16(22)20-10-8-18-15-5-6-19-21(15)9-10/h1-6,8-9,12-13H,7H2,(H,20,22). The van der Waals surface area contributed by atoms with E-state index in [4.69, 9.17) is 11.6 Å². The molecule has 1 amide bonds. The number of rotatable bonds is 3. The summed E-state index contributed by atoms with van der Waals surface area (Å²) in [6.07, 6.45) is 5.89. The van der Waals surface area contributed by atoms with Crippen LogP contribution >= 0.6 is 11.6 Å². The Balaban J connectivity index is 1.48. The van der Waals surface area contributed by atoms with Crippen molar-refractivity contribution < 1.29 is 4.79 Å². The van der Waals surface area contributed by atoms with E-state index < -0.39 is 0 Å². The highest BCUT2D eigenvalue weighted by atomic mass is 35.5. The van der Waals surface area contributed by atoms with E-state index in [1.54, 1.807) is 29.2 Å². The molecule has 22 heavy (non-hydrogen) atoms. The summed E-state index contributed by atoms with van der Waals surface area (Å²) in [6.45, 7) is 0. The first-order chi connectivity index (χ1) is 10.7. The molecule has 0 spiro atoms. The molecule has 2 unspecified atom stereocenters. The van der Waals surface area contributed by atoms with Crippen molar-refractivity contribution in [1.82, 2.24) is 14.6 Å². The zero-order chi connectivity index (χ0) is 15.1. The Morgan fingerprint density at radius 2 is 2.18 bits per heavy atom. The Morgan fingerprint density at radius 3 is 3.05 bits per heavy atom. The minimum Gasteiger partial charge on any atom is -0.323 e. The van der Waals surface area contributed by atoms with E-state index in [-0.39, 0.29) is 17.7 Å². The second-order valence-corrected chi connectivity index (χ2v) is 5.84. The zero-order valence-corrected chi connectivity index (χ0v) is 12.4. The summed E-state index contributed by atoms with van der Waals surface area (Å²) >= 11 is 6.19. The fraction of sp³-hybridized carbons (Fsp3) is 0.188. The maximum Gasteiger partial charge on any atom is 0.228 e. The van der Waals surface area contributed by atoms with Crippen LogP contribution < -0.4 is 5.32 Å². The van der Waals surface area contributed by atoms with Gasteiger partial charge in [0.15, 0.2) is 5.65 Å². The minimum absolute atomic E-state index is 0.00164. The Hall–Kier alpha value is -2.40. The van der Waals surface area contributed by atoms with Crippen LogP contribution in [0.3, 0.4) is 0 Å². The van der Waals surface area contributed by atoms with E-state index in [0.717, 1.165) is 22.7 Å². The van der Waals surface area contributed by atoms with Gasteiger partial charge in [-0.3, -0.25) is 4.79 Å². The molecule has 0 bridgehead atoms. The number of carbonyl (C=O) groups excluding carboxylic acids is 1. The molecule has 1 fully saturated rings. The maximum atomic E-state index is 12.3. The van der Waals surface area contributed by atoms with E-state index in [1.165, 1.54) is 0 Å². The molecule has 1 aliphatic rings. The monoisotopic (exact) mass is 312 g/mol. The summed E-state index contributed by atoms with van der Waals surface area (Å²) in [5.41, 5.74) is 2.44. The van der Waals surface area contributed by atoms with Gasteiger partial charge in [-0.1, -0.05) is 29.8 Å². The van der Waals surface area contributed by atoms with Gasteiger partial charge < -0.3 is 5.32 Å². The van der Waals surface area contributed by atoms with E-state index in [0.29, 0.717) is 5.69 Å². The maximum absolute atomic E-state index is 12.3. The van der Waals surface area contributed by atoms with Gasteiger partial charge in [-0.25, -0.2) is 9.50 Å². The number of hydrogen-bond donors (Lipinski definition) is 1. The summed E-state index contributed by atoms with van der Waals surface area (Å²) in [6, 6.07) is 9.50. The number of aromatic nitrogens is 3. The third-order valence-electron chi connectivity index (χ3n) is 3.95. The number of nitrogens with one attached hydrogen (secondary N) is 1. The molecular formula is C16H13ClN4O. The fourth-order valence-electron chi connectivity index (χ4n) is 2.71. The molecule has 4 rings (SSSR count). The molecule has 1 N–H and O–H groups in total. The van der Waals surface area contributed by atoms with E-state index >= 15 is 0 Å². The smallest absolute Gasteiger partial charge is 0.228 e. The Bertz CT molecular complexity index is 860. The van der Waals surface area contributed by atoms with Gasteiger partial charge >= 0.3 is 0 Å². The quantitative estimate of drug-likeness (QED) is 0.808. The van der Waals surface area contributed by atoms with Crippen LogP contribution in [0.15, 0.2) is 48.9 Å². The van der Waals surface area contributed by atoms with Gasteiger partial charge in [0, 0.05) is 17.0 Å². The van der Waals surface area contributed by atoms with E-state index in [1.807, 2.05) is 24.3 Å². The summed E-state index contributed by atoms with van der Waals surface area (Å²) in [7, 11) is 0. The first-order valence-electron chi connectivity index (χ1n) is 7.07. The average Bonchev–Trinajstić information content (AvgIpc) is 3.18. The molecule has 1 saturated carbocycles. The number of fused-ring (bicyclic) bond motifs is 1. The van der Waals surface area contributed by atoms with Crippen molar-refractivity contribution in [2.75, 3.05) is 5.32 Å². The van der Waals surface area contributed by atoms with Crippen LogP contribution in [0.25, 0.3) is 5.65 Å². The van der Waals surface area contributed by atoms with Crippen LogP contribution in [-0.4, -0.2) is 20.5 Å². The first-order valence-corrected chi connectivity index (χ1v) is 7.45. The van der Waals surface area contributed by atoms with Crippen LogP contribution in [0.1, 0.15) is 17.9 Å². The topological polar surface area (TPSA) is 59.3 Å². The molecule has 0 aliphatic heterocycles. The van der Waals surface area contributed by atoms with Gasteiger partial charge in [-0.05, 0) is 24.0 Å². The third kappa shape index (κ3) is 2.33. The average molecular weight is 313 g/mol. The van der Waals surface area contributed by atoms with Crippen molar-refractivity contribution in [2.45, 2.75) is 12.3 Å². The lowest BCUT2D eigenvalue weighted by molar-refractivity contribution is -0.117. The summed E-state index contributed by atoms with van der Waals surface area (Å²) in [5, 5.41) is 7.73. The highest BCUT2D eigenvalue weighted by Crippen LogP contribution is 2.49. The second-order valence-electron chi connectivity index (χ2n) is 5.44. The minimum atomic E-state index is -0.0341. The van der Waals surface area contributed by atoms with Crippen molar-refractivity contribution in [3.8, 4) is 0 Å². The number of benzene rings is 1. The number of hydrogen-bond acceptors (Lipinski definition) is 3. The van der Waals surface area contributed by atoms with Crippen molar-refractivity contribution >= 4 is 28.8 Å². The predicted molar refractivity (Wildman–Crippen MR) is 83.9 cm³/mol. The van der Waals surface area contributed by atoms with Crippen LogP contribution in [-0.2, 0) is 4.79 Å². The Kier molecular flexibility index (Phi) is 3.08. The fourth-order valence-corrected chi connectivity index (χ4v) is 2.99. The largest absolute Gasteiger partial charge is 0.323 e. The van der Waals surface area contributed by atoms with Crippen molar-refractivity contribution in [1.29, 1.82) is 0 Å². The predicted octanol–water partition coefficient (Wildman–Crippen LogP) is 3.12. The van der Waals surface area contributed by atoms with Crippen LogP contribution in [0.4, 0.5) is 5.69 Å². The lowest BCUT2D eigenvalue weighted by Crippen LogP contribution is -2.15. The van der Waals surface area contributed by atoms with Crippen LogP contribution in [0, 0.1) is 5.92 Å². The van der Waals surface area contributed by atoms with E-state index in [2.05, 4.69) is 15.4 Å². The molecule has 6 heteroatoms. The number of halogens is 1. The number of nitrogens with zero attached hydrogens (tertiary/aromatic N) is 3. The van der Waals surface area contributed by atoms with Gasteiger partial charge in [0.05, 0.1) is 24.3 Å². The molecule has 2 atom stereocenters. The normalized spacial score (nSPS) is 20.0. The molecule has 1 aromatic carbocycles. The Morgan fingerprint density at radius 1 is 1.32 bits per heavy atom. The first kappa shape index (κ1) is 13.3. The molecule has 2 heterocycles. The highest BCUT2D eigenvalue weighted by Gasteiger charge is 2.44. The van der Waals surface area contributed by atoms with E-state index in [9.17, 15) is 4.79 Å². The summed E-state index contributed by atoms with van der Waals surface area (Å²) in [5.74, 6) is 0.168. The lowest BCUT2D eigenvalue weighted by atomic mass is 10.1. The molecule has 0 saturated heterocycles. The van der Waals surface area contributed by atoms with Gasteiger partial charge in [-0.2, -0.15) is 5.10 Å². The van der Waals surface area contributed by atoms with Gasteiger partial charge in [0.25, 0.3) is 0 Å². The summed E-state index contributed by atoms with van der Waals surface area (Å²) < 4.78 is 1.63. The third-order valence-corrected chi connectivity index (χ3v) is 4.29. The second kappa shape index (κ2) is 5.10. The van der Waals surface area contributed by atoms with Crippen molar-refractivity contribution in [3.63, 3.8) is 0 Å². The number of amides is 1. The molecule has 3 aromatic rings. The summed E-state index contributed by atoms with van der Waals surface area (Å²) in [4.78, 5) is 16.6. The van der Waals surface area contributed by atoms with Crippen LogP contribution in [0.2, 0.25) is 5.02 Å². The highest BCUT2D eigenvalue weighted by molar-refractivity contribution is 6.31. The molecule has 110 valence electrons.